The Kier molecular flexibility index (Phi) is 7.47. The van der Waals surface area contributed by atoms with Gasteiger partial charge in [-0.25, -0.2) is 4.98 Å². The van der Waals surface area contributed by atoms with Crippen LogP contribution in [0.15, 0.2) is 5.38 Å². The average Bonchev–Trinajstić information content (AvgIpc) is 2.72. The third-order valence-electron chi connectivity index (χ3n) is 2.94. The number of thiazole rings is 1. The zero-order valence-electron chi connectivity index (χ0n) is 12.0. The number of methoxy groups -OCH3 is 1. The molecular formula is C14H26N2OS. The number of rotatable bonds is 9. The molecule has 104 valence electrons. The van der Waals surface area contributed by atoms with Crippen molar-refractivity contribution in [3.8, 4) is 0 Å². The SMILES string of the molecule is CCCNC(Cc1csc(C)n1)CC(C)COC. The predicted molar refractivity (Wildman–Crippen MR) is 78.3 cm³/mol. The van der Waals surface area contributed by atoms with Crippen LogP contribution in [0, 0.1) is 12.8 Å². The van der Waals surface area contributed by atoms with E-state index in [1.807, 2.05) is 0 Å². The maximum Gasteiger partial charge on any atom is 0.0897 e. The molecule has 0 aliphatic carbocycles. The van der Waals surface area contributed by atoms with Crippen molar-refractivity contribution < 1.29 is 4.74 Å². The first-order valence-corrected chi connectivity index (χ1v) is 7.67. The minimum atomic E-state index is 0.511. The number of hydrogen-bond donors (Lipinski definition) is 1. The molecule has 1 N–H and O–H groups in total. The van der Waals surface area contributed by atoms with Gasteiger partial charge in [0.2, 0.25) is 0 Å². The highest BCUT2D eigenvalue weighted by molar-refractivity contribution is 7.09. The molecule has 0 aliphatic rings. The molecule has 0 saturated heterocycles. The van der Waals surface area contributed by atoms with Crippen LogP contribution in [0.3, 0.4) is 0 Å². The Labute approximate surface area is 115 Å². The van der Waals surface area contributed by atoms with Crippen LogP contribution in [0.25, 0.3) is 0 Å². The predicted octanol–water partition coefficient (Wildman–Crippen LogP) is 3.03. The minimum absolute atomic E-state index is 0.511. The van der Waals surface area contributed by atoms with E-state index in [0.29, 0.717) is 12.0 Å². The molecule has 1 rings (SSSR count). The number of ether oxygens (including phenoxy) is 1. The van der Waals surface area contributed by atoms with Crippen LogP contribution in [-0.2, 0) is 11.2 Å². The highest BCUT2D eigenvalue weighted by Gasteiger charge is 2.14. The number of hydrogen-bond acceptors (Lipinski definition) is 4. The van der Waals surface area contributed by atoms with Crippen molar-refractivity contribution in [1.29, 1.82) is 0 Å². The molecule has 2 unspecified atom stereocenters. The van der Waals surface area contributed by atoms with Crippen molar-refractivity contribution >= 4 is 11.3 Å². The number of nitrogens with zero attached hydrogens (tertiary/aromatic N) is 1. The number of aromatic nitrogens is 1. The van der Waals surface area contributed by atoms with Crippen molar-refractivity contribution in [2.45, 2.75) is 46.1 Å². The summed E-state index contributed by atoms with van der Waals surface area (Å²) in [7, 11) is 1.77. The third-order valence-corrected chi connectivity index (χ3v) is 3.77. The first-order chi connectivity index (χ1) is 8.65. The van der Waals surface area contributed by atoms with E-state index in [2.05, 4.69) is 36.5 Å². The van der Waals surface area contributed by atoms with Gasteiger partial charge in [0.15, 0.2) is 0 Å². The van der Waals surface area contributed by atoms with E-state index >= 15 is 0 Å². The summed E-state index contributed by atoms with van der Waals surface area (Å²) in [6.45, 7) is 8.43. The zero-order valence-corrected chi connectivity index (χ0v) is 12.8. The average molecular weight is 270 g/mol. The summed E-state index contributed by atoms with van der Waals surface area (Å²) in [5, 5.41) is 6.96. The van der Waals surface area contributed by atoms with Gasteiger partial charge in [-0.2, -0.15) is 0 Å². The van der Waals surface area contributed by atoms with E-state index in [4.69, 9.17) is 4.74 Å². The number of nitrogens with one attached hydrogen (secondary N) is 1. The van der Waals surface area contributed by atoms with Gasteiger partial charge in [0.1, 0.15) is 0 Å². The second-order valence-electron chi connectivity index (χ2n) is 5.01. The second kappa shape index (κ2) is 8.62. The maximum atomic E-state index is 5.22. The molecule has 0 saturated carbocycles. The van der Waals surface area contributed by atoms with E-state index in [9.17, 15) is 0 Å². The Morgan fingerprint density at radius 3 is 2.83 bits per heavy atom. The van der Waals surface area contributed by atoms with E-state index in [1.54, 1.807) is 18.4 Å². The lowest BCUT2D eigenvalue weighted by Crippen LogP contribution is -2.34. The van der Waals surface area contributed by atoms with Crippen molar-refractivity contribution in [2.75, 3.05) is 20.3 Å². The molecule has 1 aromatic rings. The van der Waals surface area contributed by atoms with Crippen LogP contribution in [0.1, 0.15) is 37.4 Å². The highest BCUT2D eigenvalue weighted by Crippen LogP contribution is 2.14. The van der Waals surface area contributed by atoms with Crippen molar-refractivity contribution in [2.24, 2.45) is 5.92 Å². The van der Waals surface area contributed by atoms with Crippen LogP contribution in [0.5, 0.6) is 0 Å². The summed E-state index contributed by atoms with van der Waals surface area (Å²) in [4.78, 5) is 4.56. The molecule has 18 heavy (non-hydrogen) atoms. The van der Waals surface area contributed by atoms with Gasteiger partial charge >= 0.3 is 0 Å². The van der Waals surface area contributed by atoms with Gasteiger partial charge in [0, 0.05) is 31.6 Å². The molecule has 0 radical (unpaired) electrons. The summed E-state index contributed by atoms with van der Waals surface area (Å²) in [6, 6.07) is 0.511. The fourth-order valence-electron chi connectivity index (χ4n) is 2.18. The molecule has 0 spiro atoms. The molecule has 0 amide bonds. The first-order valence-electron chi connectivity index (χ1n) is 6.79. The van der Waals surface area contributed by atoms with Crippen molar-refractivity contribution in [1.82, 2.24) is 10.3 Å². The van der Waals surface area contributed by atoms with Crippen LogP contribution in [-0.4, -0.2) is 31.3 Å². The van der Waals surface area contributed by atoms with Crippen LogP contribution >= 0.6 is 11.3 Å². The van der Waals surface area contributed by atoms with Gasteiger partial charge < -0.3 is 10.1 Å². The molecule has 2 atom stereocenters. The lowest BCUT2D eigenvalue weighted by atomic mass is 9.99. The van der Waals surface area contributed by atoms with Crippen molar-refractivity contribution in [3.63, 3.8) is 0 Å². The molecular weight excluding hydrogens is 244 g/mol. The lowest BCUT2D eigenvalue weighted by molar-refractivity contribution is 0.149. The monoisotopic (exact) mass is 270 g/mol. The Morgan fingerprint density at radius 1 is 1.50 bits per heavy atom. The largest absolute Gasteiger partial charge is 0.384 e. The van der Waals surface area contributed by atoms with E-state index < -0.39 is 0 Å². The lowest BCUT2D eigenvalue weighted by Gasteiger charge is -2.21. The number of aryl methyl sites for hydroxylation is 1. The molecule has 1 heterocycles. The van der Waals surface area contributed by atoms with Gasteiger partial charge in [-0.1, -0.05) is 13.8 Å². The molecule has 4 heteroatoms. The quantitative estimate of drug-likeness (QED) is 0.749. The van der Waals surface area contributed by atoms with E-state index in [0.717, 1.165) is 31.0 Å². The van der Waals surface area contributed by atoms with Gasteiger partial charge in [-0.15, -0.1) is 11.3 Å². The fraction of sp³-hybridized carbons (Fsp3) is 0.786. The minimum Gasteiger partial charge on any atom is -0.384 e. The van der Waals surface area contributed by atoms with E-state index in [-0.39, 0.29) is 0 Å². The zero-order chi connectivity index (χ0) is 13.4. The first kappa shape index (κ1) is 15.6. The van der Waals surface area contributed by atoms with Gasteiger partial charge in [0.05, 0.1) is 10.7 Å². The second-order valence-corrected chi connectivity index (χ2v) is 6.07. The molecule has 0 aliphatic heterocycles. The standard InChI is InChI=1S/C14H26N2OS/c1-5-6-15-13(7-11(2)9-17-4)8-14-10-18-12(3)16-14/h10-11,13,15H,5-9H2,1-4H3. The Hall–Kier alpha value is -0.450. The van der Waals surface area contributed by atoms with Gasteiger partial charge in [-0.3, -0.25) is 0 Å². The molecule has 0 aromatic carbocycles. The summed E-state index contributed by atoms with van der Waals surface area (Å²) < 4.78 is 5.22. The van der Waals surface area contributed by atoms with Crippen molar-refractivity contribution in [3.05, 3.63) is 16.1 Å². The van der Waals surface area contributed by atoms with Crippen LogP contribution in [0.2, 0.25) is 0 Å². The maximum absolute atomic E-state index is 5.22. The third kappa shape index (κ3) is 5.94. The molecule has 0 bridgehead atoms. The smallest absolute Gasteiger partial charge is 0.0897 e. The van der Waals surface area contributed by atoms with Gasteiger partial charge in [-0.05, 0) is 32.2 Å². The normalized spacial score (nSPS) is 14.7. The molecule has 1 aromatic heterocycles. The summed E-state index contributed by atoms with van der Waals surface area (Å²) in [5.74, 6) is 0.587. The molecule has 0 fully saturated rings. The van der Waals surface area contributed by atoms with Crippen LogP contribution < -0.4 is 5.32 Å². The summed E-state index contributed by atoms with van der Waals surface area (Å²) in [5.41, 5.74) is 1.22. The Morgan fingerprint density at radius 2 is 2.28 bits per heavy atom. The highest BCUT2D eigenvalue weighted by atomic mass is 32.1. The Balaban J connectivity index is 2.48. The van der Waals surface area contributed by atoms with Gasteiger partial charge in [0.25, 0.3) is 0 Å². The topological polar surface area (TPSA) is 34.2 Å². The fourth-order valence-corrected chi connectivity index (χ4v) is 2.81. The summed E-state index contributed by atoms with van der Waals surface area (Å²) in [6.07, 6.45) is 3.34. The Bertz CT molecular complexity index is 327. The summed E-state index contributed by atoms with van der Waals surface area (Å²) >= 11 is 1.74. The molecule has 3 nitrogen and oxygen atoms in total. The van der Waals surface area contributed by atoms with Crippen LogP contribution in [0.4, 0.5) is 0 Å². The van der Waals surface area contributed by atoms with E-state index in [1.165, 1.54) is 12.1 Å².